The number of nitrogens with zero attached hydrogens (tertiary/aromatic N) is 1. The lowest BCUT2D eigenvalue weighted by Crippen LogP contribution is -2.37. The third kappa shape index (κ3) is 5.28. The monoisotopic (exact) mass is 379 g/mol. The van der Waals surface area contributed by atoms with Crippen LogP contribution in [0.1, 0.15) is 6.92 Å². The molecule has 2 aromatic rings. The SMILES string of the molecule is CC(=O)Nc1cccc(N(CC(=O)Nc2ccccc2F)S(C)(=O)=O)c1. The number of nitrogens with one attached hydrogen (secondary N) is 2. The molecule has 0 aliphatic rings. The van der Waals surface area contributed by atoms with Crippen LogP contribution in [-0.2, 0) is 19.6 Å². The van der Waals surface area contributed by atoms with Gasteiger partial charge in [-0.3, -0.25) is 13.9 Å². The summed E-state index contributed by atoms with van der Waals surface area (Å²) in [6.45, 7) is 0.777. The topological polar surface area (TPSA) is 95.6 Å². The van der Waals surface area contributed by atoms with E-state index in [-0.39, 0.29) is 17.3 Å². The van der Waals surface area contributed by atoms with Crippen molar-refractivity contribution in [3.05, 3.63) is 54.3 Å². The van der Waals surface area contributed by atoms with E-state index in [2.05, 4.69) is 10.6 Å². The Bertz CT molecular complexity index is 931. The minimum atomic E-state index is -3.79. The summed E-state index contributed by atoms with van der Waals surface area (Å²) >= 11 is 0. The van der Waals surface area contributed by atoms with Crippen LogP contribution in [0.5, 0.6) is 0 Å². The number of rotatable bonds is 6. The highest BCUT2D eigenvalue weighted by atomic mass is 32.2. The van der Waals surface area contributed by atoms with Crippen molar-refractivity contribution in [1.82, 2.24) is 0 Å². The van der Waals surface area contributed by atoms with Crippen molar-refractivity contribution >= 4 is 38.9 Å². The quantitative estimate of drug-likeness (QED) is 0.804. The number of carbonyl (C=O) groups excluding carboxylic acids is 2. The molecule has 26 heavy (non-hydrogen) atoms. The van der Waals surface area contributed by atoms with Crippen molar-refractivity contribution in [3.63, 3.8) is 0 Å². The van der Waals surface area contributed by atoms with Gasteiger partial charge in [-0.1, -0.05) is 18.2 Å². The Labute approximate surface area is 150 Å². The Morgan fingerprint density at radius 3 is 2.38 bits per heavy atom. The van der Waals surface area contributed by atoms with Gasteiger partial charge in [0, 0.05) is 12.6 Å². The molecule has 0 aliphatic heterocycles. The molecule has 138 valence electrons. The van der Waals surface area contributed by atoms with Crippen LogP contribution < -0.4 is 14.9 Å². The van der Waals surface area contributed by atoms with Gasteiger partial charge < -0.3 is 10.6 Å². The molecule has 2 amide bonds. The molecule has 7 nitrogen and oxygen atoms in total. The largest absolute Gasteiger partial charge is 0.326 e. The molecule has 2 N–H and O–H groups in total. The van der Waals surface area contributed by atoms with Gasteiger partial charge in [-0.05, 0) is 30.3 Å². The van der Waals surface area contributed by atoms with E-state index in [9.17, 15) is 22.4 Å². The van der Waals surface area contributed by atoms with Crippen LogP contribution in [0.15, 0.2) is 48.5 Å². The van der Waals surface area contributed by atoms with Gasteiger partial charge >= 0.3 is 0 Å². The first-order valence-corrected chi connectivity index (χ1v) is 9.41. The molecular formula is C17H18FN3O4S. The standard InChI is InChI=1S/C17H18FN3O4S/c1-12(22)19-13-6-5-7-14(10-13)21(26(2,24)25)11-17(23)20-16-9-4-3-8-15(16)18/h3-10H,11H2,1-2H3,(H,19,22)(H,20,23). The molecule has 2 rings (SSSR count). The Hall–Kier alpha value is -2.94. The second kappa shape index (κ2) is 7.96. The highest BCUT2D eigenvalue weighted by molar-refractivity contribution is 7.92. The molecule has 2 aromatic carbocycles. The number of hydrogen-bond acceptors (Lipinski definition) is 4. The highest BCUT2D eigenvalue weighted by Gasteiger charge is 2.21. The molecule has 0 radical (unpaired) electrons. The number of carbonyl (C=O) groups is 2. The van der Waals surface area contributed by atoms with Crippen molar-refractivity contribution in [2.45, 2.75) is 6.92 Å². The van der Waals surface area contributed by atoms with E-state index in [0.717, 1.165) is 10.6 Å². The van der Waals surface area contributed by atoms with Gasteiger partial charge in [-0.2, -0.15) is 0 Å². The summed E-state index contributed by atoms with van der Waals surface area (Å²) < 4.78 is 38.7. The lowest BCUT2D eigenvalue weighted by Gasteiger charge is -2.22. The molecular weight excluding hydrogens is 361 g/mol. The lowest BCUT2D eigenvalue weighted by atomic mass is 10.2. The van der Waals surface area contributed by atoms with Gasteiger partial charge in [0.2, 0.25) is 21.8 Å². The maximum absolute atomic E-state index is 13.6. The Morgan fingerprint density at radius 2 is 1.77 bits per heavy atom. The number of amides is 2. The van der Waals surface area contributed by atoms with Crippen LogP contribution in [0.4, 0.5) is 21.5 Å². The fraction of sp³-hybridized carbons (Fsp3) is 0.176. The van der Waals surface area contributed by atoms with Crippen molar-refractivity contribution < 1.29 is 22.4 Å². The van der Waals surface area contributed by atoms with Crippen molar-refractivity contribution in [1.29, 1.82) is 0 Å². The number of hydrogen-bond donors (Lipinski definition) is 2. The van der Waals surface area contributed by atoms with Crippen LogP contribution >= 0.6 is 0 Å². The maximum atomic E-state index is 13.6. The zero-order valence-corrected chi connectivity index (χ0v) is 15.0. The van der Waals surface area contributed by atoms with Crippen LogP contribution in [0.3, 0.4) is 0 Å². The zero-order chi connectivity index (χ0) is 19.3. The molecule has 0 aromatic heterocycles. The van der Waals surface area contributed by atoms with E-state index in [0.29, 0.717) is 5.69 Å². The predicted octanol–water partition coefficient (Wildman–Crippen LogP) is 2.19. The first-order valence-electron chi connectivity index (χ1n) is 7.56. The normalized spacial score (nSPS) is 10.9. The summed E-state index contributed by atoms with van der Waals surface area (Å²) in [6.07, 6.45) is 0.953. The molecule has 0 atom stereocenters. The smallest absolute Gasteiger partial charge is 0.245 e. The van der Waals surface area contributed by atoms with Crippen LogP contribution in [0.25, 0.3) is 0 Å². The van der Waals surface area contributed by atoms with E-state index in [1.165, 1.54) is 37.3 Å². The fourth-order valence-electron chi connectivity index (χ4n) is 2.22. The Balaban J connectivity index is 2.25. The van der Waals surface area contributed by atoms with E-state index in [4.69, 9.17) is 0 Å². The zero-order valence-electron chi connectivity index (χ0n) is 14.2. The summed E-state index contributed by atoms with van der Waals surface area (Å²) in [6, 6.07) is 11.6. The number of anilines is 3. The summed E-state index contributed by atoms with van der Waals surface area (Å²) in [5.74, 6) is -1.64. The van der Waals surface area contributed by atoms with Crippen LogP contribution in [0.2, 0.25) is 0 Å². The molecule has 9 heteroatoms. The summed E-state index contributed by atoms with van der Waals surface area (Å²) in [5, 5.41) is 4.88. The van der Waals surface area contributed by atoms with E-state index in [1.54, 1.807) is 18.2 Å². The van der Waals surface area contributed by atoms with E-state index in [1.807, 2.05) is 0 Å². The van der Waals surface area contributed by atoms with E-state index < -0.39 is 28.3 Å². The molecule has 0 fully saturated rings. The summed E-state index contributed by atoms with van der Waals surface area (Å²) in [5.41, 5.74) is 0.540. The number of benzene rings is 2. The first kappa shape index (κ1) is 19.4. The molecule has 0 spiro atoms. The fourth-order valence-corrected chi connectivity index (χ4v) is 3.07. The summed E-state index contributed by atoms with van der Waals surface area (Å²) in [4.78, 5) is 23.4. The van der Waals surface area contributed by atoms with Crippen molar-refractivity contribution in [2.24, 2.45) is 0 Å². The van der Waals surface area contributed by atoms with Crippen LogP contribution in [0, 0.1) is 5.82 Å². The third-order valence-corrected chi connectivity index (χ3v) is 4.43. The van der Waals surface area contributed by atoms with Crippen LogP contribution in [-0.4, -0.2) is 33.0 Å². The minimum absolute atomic E-state index is 0.0436. The molecule has 0 heterocycles. The summed E-state index contributed by atoms with van der Waals surface area (Å²) in [7, 11) is -3.79. The Kier molecular flexibility index (Phi) is 5.93. The molecule has 0 aliphatic carbocycles. The van der Waals surface area contributed by atoms with Gasteiger partial charge in [0.1, 0.15) is 12.4 Å². The van der Waals surface area contributed by atoms with Gasteiger partial charge in [-0.25, -0.2) is 12.8 Å². The molecule has 0 unspecified atom stereocenters. The number of halogens is 1. The van der Waals surface area contributed by atoms with E-state index >= 15 is 0 Å². The van der Waals surface area contributed by atoms with Gasteiger partial charge in [-0.15, -0.1) is 0 Å². The van der Waals surface area contributed by atoms with Gasteiger partial charge in [0.05, 0.1) is 17.6 Å². The lowest BCUT2D eigenvalue weighted by molar-refractivity contribution is -0.115. The number of para-hydroxylation sites is 1. The van der Waals surface area contributed by atoms with Gasteiger partial charge in [0.15, 0.2) is 0 Å². The first-order chi connectivity index (χ1) is 12.2. The van der Waals surface area contributed by atoms with Gasteiger partial charge in [0.25, 0.3) is 0 Å². The maximum Gasteiger partial charge on any atom is 0.245 e. The number of sulfonamides is 1. The third-order valence-electron chi connectivity index (χ3n) is 3.29. The van der Waals surface area contributed by atoms with Crippen molar-refractivity contribution in [3.8, 4) is 0 Å². The molecule has 0 saturated heterocycles. The minimum Gasteiger partial charge on any atom is -0.326 e. The second-order valence-electron chi connectivity index (χ2n) is 5.53. The molecule has 0 bridgehead atoms. The average molecular weight is 379 g/mol. The molecule has 0 saturated carbocycles. The highest BCUT2D eigenvalue weighted by Crippen LogP contribution is 2.22. The predicted molar refractivity (Wildman–Crippen MR) is 98.0 cm³/mol. The average Bonchev–Trinajstić information content (AvgIpc) is 2.53. The van der Waals surface area contributed by atoms with Crippen molar-refractivity contribution in [2.75, 3.05) is 27.7 Å². The second-order valence-corrected chi connectivity index (χ2v) is 7.44. The Morgan fingerprint density at radius 1 is 1.08 bits per heavy atom.